The van der Waals surface area contributed by atoms with Crippen LogP contribution >= 0.6 is 12.4 Å². The Morgan fingerprint density at radius 2 is 2.25 bits per heavy atom. The van der Waals surface area contributed by atoms with Crippen LogP contribution in [0.25, 0.3) is 0 Å². The molecule has 2 fully saturated rings. The van der Waals surface area contributed by atoms with E-state index in [9.17, 15) is 13.6 Å². The van der Waals surface area contributed by atoms with E-state index in [0.29, 0.717) is 12.5 Å². The smallest absolute Gasteiger partial charge is 0.387 e. The van der Waals surface area contributed by atoms with Crippen molar-refractivity contribution < 1.29 is 18.3 Å². The van der Waals surface area contributed by atoms with Crippen LogP contribution in [0.15, 0.2) is 24.3 Å². The summed E-state index contributed by atoms with van der Waals surface area (Å²) in [5.74, 6) is 0.597. The fraction of sp³-hybridized carbons (Fsp3) is 0.588. The molecule has 1 aromatic rings. The highest BCUT2D eigenvalue weighted by atomic mass is 35.5. The predicted molar refractivity (Wildman–Crippen MR) is 89.4 cm³/mol. The number of ether oxygens (including phenoxy) is 1. The Kier molecular flexibility index (Phi) is 6.40. The first kappa shape index (κ1) is 18.9. The van der Waals surface area contributed by atoms with E-state index >= 15 is 0 Å². The average Bonchev–Trinajstić information content (AvgIpc) is 2.97. The molecule has 24 heavy (non-hydrogen) atoms. The summed E-state index contributed by atoms with van der Waals surface area (Å²) >= 11 is 0. The van der Waals surface area contributed by atoms with Gasteiger partial charge in [-0.2, -0.15) is 8.78 Å². The Bertz CT molecular complexity index is 573. The molecule has 1 saturated carbocycles. The van der Waals surface area contributed by atoms with Gasteiger partial charge in [0.2, 0.25) is 5.91 Å². The quantitative estimate of drug-likeness (QED) is 0.848. The van der Waals surface area contributed by atoms with Crippen molar-refractivity contribution in [3.8, 4) is 5.75 Å². The maximum absolute atomic E-state index is 12.7. The number of carbonyl (C=O) groups excluding carboxylic acids is 1. The SMILES string of the molecule is Cl.O=C(NCc1cccc(OC(F)F)c1)[C@@]12CCCC[C@H]1CNC2. The molecule has 0 spiro atoms. The van der Waals surface area contributed by atoms with Crippen LogP contribution in [0.5, 0.6) is 5.75 Å². The molecule has 1 amide bonds. The van der Waals surface area contributed by atoms with Crippen LogP contribution in [0.4, 0.5) is 8.78 Å². The number of rotatable bonds is 5. The van der Waals surface area contributed by atoms with Crippen LogP contribution in [0.2, 0.25) is 0 Å². The minimum atomic E-state index is -2.84. The number of hydrogen-bond acceptors (Lipinski definition) is 3. The van der Waals surface area contributed by atoms with E-state index in [1.165, 1.54) is 18.6 Å². The Morgan fingerprint density at radius 1 is 1.42 bits per heavy atom. The van der Waals surface area contributed by atoms with Gasteiger partial charge in [-0.1, -0.05) is 25.0 Å². The number of halogens is 3. The number of amides is 1. The first-order valence-electron chi connectivity index (χ1n) is 8.13. The zero-order valence-electron chi connectivity index (χ0n) is 13.4. The van der Waals surface area contributed by atoms with E-state index < -0.39 is 6.61 Å². The molecular formula is C17H23ClF2N2O2. The third-order valence-corrected chi connectivity index (χ3v) is 5.07. The number of nitrogens with one attached hydrogen (secondary N) is 2. The monoisotopic (exact) mass is 360 g/mol. The molecule has 0 unspecified atom stereocenters. The van der Waals surface area contributed by atoms with E-state index in [1.807, 2.05) is 0 Å². The first-order valence-corrected chi connectivity index (χ1v) is 8.13. The maximum atomic E-state index is 12.7. The fourth-order valence-corrected chi connectivity index (χ4v) is 3.88. The molecule has 3 rings (SSSR count). The summed E-state index contributed by atoms with van der Waals surface area (Å²) in [6.45, 7) is -0.872. The fourth-order valence-electron chi connectivity index (χ4n) is 3.88. The predicted octanol–water partition coefficient (Wildman–Crippen LogP) is 3.11. The highest BCUT2D eigenvalue weighted by Crippen LogP contribution is 2.43. The van der Waals surface area contributed by atoms with Gasteiger partial charge in [-0.15, -0.1) is 12.4 Å². The lowest BCUT2D eigenvalue weighted by atomic mass is 9.67. The molecule has 1 heterocycles. The molecule has 2 aliphatic rings. The molecule has 0 bridgehead atoms. The van der Waals surface area contributed by atoms with Gasteiger partial charge >= 0.3 is 6.61 Å². The van der Waals surface area contributed by atoms with Crippen molar-refractivity contribution in [2.45, 2.75) is 38.8 Å². The molecular weight excluding hydrogens is 338 g/mol. The second-order valence-corrected chi connectivity index (χ2v) is 6.44. The molecule has 1 aromatic carbocycles. The van der Waals surface area contributed by atoms with Crippen LogP contribution < -0.4 is 15.4 Å². The lowest BCUT2D eigenvalue weighted by molar-refractivity contribution is -0.134. The molecule has 0 radical (unpaired) electrons. The van der Waals surface area contributed by atoms with Crippen molar-refractivity contribution in [3.63, 3.8) is 0 Å². The summed E-state index contributed by atoms with van der Waals surface area (Å²) in [6, 6.07) is 6.46. The zero-order chi connectivity index (χ0) is 16.3. The molecule has 134 valence electrons. The van der Waals surface area contributed by atoms with Gasteiger partial charge in [0.05, 0.1) is 5.41 Å². The molecule has 2 atom stereocenters. The number of fused-ring (bicyclic) bond motifs is 1. The van der Waals surface area contributed by atoms with E-state index in [-0.39, 0.29) is 29.5 Å². The Balaban J connectivity index is 0.00000208. The normalized spacial score (nSPS) is 25.7. The van der Waals surface area contributed by atoms with Gasteiger partial charge in [-0.25, -0.2) is 0 Å². The minimum Gasteiger partial charge on any atom is -0.435 e. The Hall–Kier alpha value is -1.40. The molecule has 2 N–H and O–H groups in total. The molecule has 1 aliphatic carbocycles. The lowest BCUT2D eigenvalue weighted by Crippen LogP contribution is -2.47. The highest BCUT2D eigenvalue weighted by Gasteiger charge is 2.49. The van der Waals surface area contributed by atoms with Crippen LogP contribution in [0.1, 0.15) is 31.2 Å². The third-order valence-electron chi connectivity index (χ3n) is 5.07. The van der Waals surface area contributed by atoms with Gasteiger partial charge in [-0.05, 0) is 43.0 Å². The summed E-state index contributed by atoms with van der Waals surface area (Å²) < 4.78 is 28.9. The van der Waals surface area contributed by atoms with E-state index in [1.54, 1.807) is 12.1 Å². The van der Waals surface area contributed by atoms with Crippen molar-refractivity contribution in [2.75, 3.05) is 13.1 Å². The van der Waals surface area contributed by atoms with Crippen molar-refractivity contribution in [1.29, 1.82) is 0 Å². The first-order chi connectivity index (χ1) is 11.1. The van der Waals surface area contributed by atoms with Crippen molar-refractivity contribution in [1.82, 2.24) is 10.6 Å². The van der Waals surface area contributed by atoms with Crippen LogP contribution in [0.3, 0.4) is 0 Å². The minimum absolute atomic E-state index is 0. The molecule has 1 saturated heterocycles. The lowest BCUT2D eigenvalue weighted by Gasteiger charge is -2.37. The van der Waals surface area contributed by atoms with E-state index in [0.717, 1.165) is 37.9 Å². The largest absolute Gasteiger partial charge is 0.435 e. The van der Waals surface area contributed by atoms with E-state index in [2.05, 4.69) is 15.4 Å². The molecule has 4 nitrogen and oxygen atoms in total. The highest BCUT2D eigenvalue weighted by molar-refractivity contribution is 5.85. The average molecular weight is 361 g/mol. The van der Waals surface area contributed by atoms with Gasteiger partial charge < -0.3 is 15.4 Å². The van der Waals surface area contributed by atoms with Crippen molar-refractivity contribution in [3.05, 3.63) is 29.8 Å². The van der Waals surface area contributed by atoms with Crippen LogP contribution in [0, 0.1) is 11.3 Å². The standard InChI is InChI=1S/C17H22F2N2O2.ClH/c18-16(19)23-14-6-3-4-12(8-14)9-21-15(22)17-7-2-1-5-13(17)10-20-11-17;/h3-4,6,8,13,16,20H,1-2,5,7,9-11H2,(H,21,22);1H/t13-,17+;/m0./s1. The molecule has 0 aromatic heterocycles. The molecule has 1 aliphatic heterocycles. The summed E-state index contributed by atoms with van der Waals surface area (Å²) in [5.41, 5.74) is 0.459. The summed E-state index contributed by atoms with van der Waals surface area (Å²) in [5, 5.41) is 6.34. The summed E-state index contributed by atoms with van der Waals surface area (Å²) in [7, 11) is 0. The second-order valence-electron chi connectivity index (χ2n) is 6.44. The second kappa shape index (κ2) is 8.12. The van der Waals surface area contributed by atoms with Gasteiger partial charge in [0.25, 0.3) is 0 Å². The number of hydrogen-bond donors (Lipinski definition) is 2. The number of alkyl halides is 2. The summed E-state index contributed by atoms with van der Waals surface area (Å²) in [4.78, 5) is 12.7. The Morgan fingerprint density at radius 3 is 3.04 bits per heavy atom. The van der Waals surface area contributed by atoms with Gasteiger partial charge in [0, 0.05) is 13.1 Å². The summed E-state index contributed by atoms with van der Waals surface area (Å²) in [6.07, 6.45) is 4.29. The topological polar surface area (TPSA) is 50.4 Å². The maximum Gasteiger partial charge on any atom is 0.387 e. The number of benzene rings is 1. The van der Waals surface area contributed by atoms with Crippen LogP contribution in [-0.2, 0) is 11.3 Å². The number of carbonyl (C=O) groups is 1. The van der Waals surface area contributed by atoms with Gasteiger partial charge in [0.15, 0.2) is 0 Å². The van der Waals surface area contributed by atoms with E-state index in [4.69, 9.17) is 0 Å². The third kappa shape index (κ3) is 3.98. The van der Waals surface area contributed by atoms with Crippen molar-refractivity contribution in [2.24, 2.45) is 11.3 Å². The van der Waals surface area contributed by atoms with Crippen LogP contribution in [-0.4, -0.2) is 25.6 Å². The molecule has 7 heteroatoms. The van der Waals surface area contributed by atoms with Gasteiger partial charge in [-0.3, -0.25) is 4.79 Å². The zero-order valence-corrected chi connectivity index (χ0v) is 14.2. The van der Waals surface area contributed by atoms with Gasteiger partial charge in [0.1, 0.15) is 5.75 Å². The van der Waals surface area contributed by atoms with Crippen molar-refractivity contribution >= 4 is 18.3 Å². The Labute approximate surface area is 146 Å².